The number of aldehydes is 1. The molecule has 0 spiro atoms. The predicted molar refractivity (Wildman–Crippen MR) is 44.4 cm³/mol. The van der Waals surface area contributed by atoms with Gasteiger partial charge in [0.1, 0.15) is 0 Å². The van der Waals surface area contributed by atoms with E-state index in [9.17, 15) is 9.59 Å². The first-order valence-electron chi connectivity index (χ1n) is 3.97. The molecule has 0 aliphatic rings. The van der Waals surface area contributed by atoms with Gasteiger partial charge in [0, 0.05) is 0 Å². The molecular formula is C9H14O2. The van der Waals surface area contributed by atoms with E-state index in [1.807, 2.05) is 0 Å². The van der Waals surface area contributed by atoms with Crippen molar-refractivity contribution in [3.05, 3.63) is 12.2 Å². The Balaban J connectivity index is 3.29. The van der Waals surface area contributed by atoms with Crippen LogP contribution in [-0.4, -0.2) is 12.1 Å². The smallest absolute Gasteiger partial charge is 0.217 e. The van der Waals surface area contributed by atoms with Crippen molar-refractivity contribution >= 4 is 12.1 Å². The summed E-state index contributed by atoms with van der Waals surface area (Å²) < 4.78 is 0. The van der Waals surface area contributed by atoms with Crippen molar-refractivity contribution in [3.63, 3.8) is 0 Å². The van der Waals surface area contributed by atoms with Gasteiger partial charge in [-0.2, -0.15) is 0 Å². The molecule has 0 heterocycles. The van der Waals surface area contributed by atoms with E-state index in [1.54, 1.807) is 6.08 Å². The highest BCUT2D eigenvalue weighted by Gasteiger charge is 1.88. The van der Waals surface area contributed by atoms with E-state index in [0.29, 0.717) is 6.29 Å². The van der Waals surface area contributed by atoms with Crippen LogP contribution in [0.25, 0.3) is 0 Å². The van der Waals surface area contributed by atoms with E-state index in [2.05, 4.69) is 6.92 Å². The van der Waals surface area contributed by atoms with Crippen LogP contribution in [0.3, 0.4) is 0 Å². The summed E-state index contributed by atoms with van der Waals surface area (Å²) in [4.78, 5) is 20.2. The highest BCUT2D eigenvalue weighted by molar-refractivity contribution is 6.30. The van der Waals surface area contributed by atoms with Crippen LogP contribution in [0, 0.1) is 0 Å². The van der Waals surface area contributed by atoms with E-state index >= 15 is 0 Å². The molecule has 0 aromatic carbocycles. The van der Waals surface area contributed by atoms with Crippen LogP contribution in [0.5, 0.6) is 0 Å². The second-order valence-electron chi connectivity index (χ2n) is 2.42. The van der Waals surface area contributed by atoms with Gasteiger partial charge in [-0.1, -0.05) is 25.8 Å². The van der Waals surface area contributed by atoms with Crippen LogP contribution in [0.15, 0.2) is 12.2 Å². The molecule has 0 saturated heterocycles. The second kappa shape index (κ2) is 7.19. The molecule has 62 valence electrons. The quantitative estimate of drug-likeness (QED) is 0.253. The summed E-state index contributed by atoms with van der Waals surface area (Å²) in [5, 5.41) is 0. The van der Waals surface area contributed by atoms with Crippen molar-refractivity contribution < 1.29 is 9.59 Å². The van der Waals surface area contributed by atoms with Gasteiger partial charge in [-0.15, -0.1) is 0 Å². The molecular weight excluding hydrogens is 140 g/mol. The molecule has 0 radical (unpaired) electrons. The fourth-order valence-electron chi connectivity index (χ4n) is 0.751. The standard InChI is InChI=1S/C9H14O2/c1-2-3-4-5-6-7-9(11)8-10/h6-8H,2-5H2,1H3. The Morgan fingerprint density at radius 3 is 2.64 bits per heavy atom. The largest absolute Gasteiger partial charge is 0.294 e. The molecule has 0 N–H and O–H groups in total. The highest BCUT2D eigenvalue weighted by Crippen LogP contribution is 1.98. The van der Waals surface area contributed by atoms with Gasteiger partial charge in [0.15, 0.2) is 6.29 Å². The Labute approximate surface area is 67.3 Å². The number of rotatable bonds is 6. The summed E-state index contributed by atoms with van der Waals surface area (Å²) >= 11 is 0. The van der Waals surface area contributed by atoms with Crippen molar-refractivity contribution in [2.45, 2.75) is 32.6 Å². The van der Waals surface area contributed by atoms with Gasteiger partial charge in [0.25, 0.3) is 0 Å². The molecule has 0 aliphatic heterocycles. The number of unbranched alkanes of at least 4 members (excludes halogenated alkanes) is 3. The Hall–Kier alpha value is -0.920. The first kappa shape index (κ1) is 10.1. The van der Waals surface area contributed by atoms with Crippen LogP contribution in [-0.2, 0) is 9.59 Å². The monoisotopic (exact) mass is 154 g/mol. The molecule has 0 amide bonds. The lowest BCUT2D eigenvalue weighted by Crippen LogP contribution is -1.90. The third-order valence-electron chi connectivity index (χ3n) is 1.37. The molecule has 2 heteroatoms. The number of carbonyl (C=O) groups is 2. The van der Waals surface area contributed by atoms with Gasteiger partial charge in [0.2, 0.25) is 5.78 Å². The molecule has 0 bridgehead atoms. The summed E-state index contributed by atoms with van der Waals surface area (Å²) in [6.45, 7) is 2.13. The Morgan fingerprint density at radius 1 is 1.36 bits per heavy atom. The fraction of sp³-hybridized carbons (Fsp3) is 0.556. The van der Waals surface area contributed by atoms with Crippen LogP contribution in [0.2, 0.25) is 0 Å². The van der Waals surface area contributed by atoms with Gasteiger partial charge in [0.05, 0.1) is 0 Å². The maximum absolute atomic E-state index is 10.4. The lowest BCUT2D eigenvalue weighted by molar-refractivity contribution is -0.126. The van der Waals surface area contributed by atoms with E-state index in [4.69, 9.17) is 0 Å². The summed E-state index contributed by atoms with van der Waals surface area (Å²) in [6, 6.07) is 0. The van der Waals surface area contributed by atoms with Crippen molar-refractivity contribution in [3.8, 4) is 0 Å². The SMILES string of the molecule is CCCCCC=CC(=O)C=O. The second-order valence-corrected chi connectivity index (χ2v) is 2.42. The van der Waals surface area contributed by atoms with E-state index in [0.717, 1.165) is 12.8 Å². The van der Waals surface area contributed by atoms with Gasteiger partial charge < -0.3 is 0 Å². The normalized spacial score (nSPS) is 10.3. The zero-order valence-corrected chi connectivity index (χ0v) is 6.88. The van der Waals surface area contributed by atoms with Gasteiger partial charge in [-0.25, -0.2) is 0 Å². The van der Waals surface area contributed by atoms with Crippen molar-refractivity contribution in [1.29, 1.82) is 0 Å². The Bertz CT molecular complexity index is 148. The van der Waals surface area contributed by atoms with E-state index in [-0.39, 0.29) is 0 Å². The third-order valence-corrected chi connectivity index (χ3v) is 1.37. The number of ketones is 1. The highest BCUT2D eigenvalue weighted by atomic mass is 16.2. The van der Waals surface area contributed by atoms with Crippen LogP contribution < -0.4 is 0 Å². The van der Waals surface area contributed by atoms with E-state index in [1.165, 1.54) is 18.9 Å². The first-order valence-corrected chi connectivity index (χ1v) is 3.97. The molecule has 0 rings (SSSR count). The van der Waals surface area contributed by atoms with Crippen LogP contribution >= 0.6 is 0 Å². The molecule has 11 heavy (non-hydrogen) atoms. The molecule has 0 atom stereocenters. The maximum atomic E-state index is 10.4. The third kappa shape index (κ3) is 6.97. The lowest BCUT2D eigenvalue weighted by Gasteiger charge is -1.89. The molecule has 0 saturated carbocycles. The molecule has 0 aromatic heterocycles. The zero-order valence-electron chi connectivity index (χ0n) is 6.88. The molecule has 0 fully saturated rings. The number of carbonyl (C=O) groups excluding carboxylic acids is 2. The maximum Gasteiger partial charge on any atom is 0.217 e. The number of hydrogen-bond acceptors (Lipinski definition) is 2. The molecule has 0 aromatic rings. The van der Waals surface area contributed by atoms with Crippen molar-refractivity contribution in [1.82, 2.24) is 0 Å². The first-order chi connectivity index (χ1) is 5.31. The topological polar surface area (TPSA) is 34.1 Å². The lowest BCUT2D eigenvalue weighted by atomic mass is 10.2. The number of allylic oxidation sites excluding steroid dienone is 2. The Morgan fingerprint density at radius 2 is 2.09 bits per heavy atom. The average molecular weight is 154 g/mol. The zero-order chi connectivity index (χ0) is 8.53. The summed E-state index contributed by atoms with van der Waals surface area (Å²) in [5.74, 6) is -0.443. The fourth-order valence-corrected chi connectivity index (χ4v) is 0.751. The molecule has 0 aliphatic carbocycles. The van der Waals surface area contributed by atoms with Crippen molar-refractivity contribution in [2.24, 2.45) is 0 Å². The molecule has 0 unspecified atom stereocenters. The van der Waals surface area contributed by atoms with Gasteiger partial charge >= 0.3 is 0 Å². The predicted octanol–water partition coefficient (Wildman–Crippen LogP) is 1.89. The minimum Gasteiger partial charge on any atom is -0.294 e. The van der Waals surface area contributed by atoms with Crippen molar-refractivity contribution in [2.75, 3.05) is 0 Å². The van der Waals surface area contributed by atoms with Crippen LogP contribution in [0.1, 0.15) is 32.6 Å². The van der Waals surface area contributed by atoms with E-state index < -0.39 is 5.78 Å². The Kier molecular flexibility index (Phi) is 6.59. The summed E-state index contributed by atoms with van der Waals surface area (Å²) in [7, 11) is 0. The van der Waals surface area contributed by atoms with Gasteiger partial charge in [-0.05, 0) is 18.9 Å². The average Bonchev–Trinajstić information content (AvgIpc) is 2.04. The number of hydrogen-bond donors (Lipinski definition) is 0. The summed E-state index contributed by atoms with van der Waals surface area (Å²) in [5.41, 5.74) is 0. The van der Waals surface area contributed by atoms with Crippen LogP contribution in [0.4, 0.5) is 0 Å². The van der Waals surface area contributed by atoms with Gasteiger partial charge in [-0.3, -0.25) is 9.59 Å². The minimum absolute atomic E-state index is 0.330. The molecule has 2 nitrogen and oxygen atoms in total. The summed E-state index contributed by atoms with van der Waals surface area (Å²) in [6.07, 6.45) is 7.77. The minimum atomic E-state index is -0.443.